The average Bonchev–Trinajstić information content (AvgIpc) is 3.59. The van der Waals surface area contributed by atoms with Gasteiger partial charge in [0.05, 0.1) is 30.2 Å². The molecule has 0 bridgehead atoms. The molecule has 2 aromatic rings. The number of halogens is 6. The molecule has 7 nitrogen and oxygen atoms in total. The Hall–Kier alpha value is -2.65. The van der Waals surface area contributed by atoms with Crippen LogP contribution in [0.5, 0.6) is 0 Å². The maximum atomic E-state index is 13.1. The summed E-state index contributed by atoms with van der Waals surface area (Å²) in [6.07, 6.45) is -10.9. The molecule has 2 N–H and O–H groups in total. The number of hydrogen-bond acceptors (Lipinski definition) is 7. The maximum Gasteiger partial charge on any atom is 0.430 e. The second kappa shape index (κ2) is 10.4. The lowest BCUT2D eigenvalue weighted by molar-refractivity contribution is -0.376. The number of hydrogen-bond donors (Lipinski definition) is 2. The Balaban J connectivity index is 1.48. The molecular formula is C24H24F6N2O5S2. The van der Waals surface area contributed by atoms with Crippen LogP contribution in [0.15, 0.2) is 47.4 Å². The summed E-state index contributed by atoms with van der Waals surface area (Å²) in [5.41, 5.74) is -4.93. The van der Waals surface area contributed by atoms with Crippen LogP contribution < -0.4 is 5.32 Å². The van der Waals surface area contributed by atoms with E-state index in [0.29, 0.717) is 23.3 Å². The van der Waals surface area contributed by atoms with Gasteiger partial charge in [0.15, 0.2) is 9.84 Å². The zero-order chi connectivity index (χ0) is 28.8. The van der Waals surface area contributed by atoms with E-state index in [-0.39, 0.29) is 34.7 Å². The van der Waals surface area contributed by atoms with Crippen LogP contribution in [-0.2, 0) is 26.7 Å². The lowest BCUT2D eigenvalue weighted by Gasteiger charge is -2.32. The zero-order valence-electron chi connectivity index (χ0n) is 20.3. The van der Waals surface area contributed by atoms with Crippen molar-refractivity contribution in [3.63, 3.8) is 0 Å². The van der Waals surface area contributed by atoms with Crippen molar-refractivity contribution in [2.45, 2.75) is 47.6 Å². The van der Waals surface area contributed by atoms with Crippen molar-refractivity contribution in [2.24, 2.45) is 5.92 Å². The average molecular weight is 599 g/mol. The molecule has 1 saturated carbocycles. The fraction of sp³-hybridized carbons (Fsp3) is 0.458. The molecule has 1 aliphatic carbocycles. The number of rotatable bonds is 8. The van der Waals surface area contributed by atoms with Gasteiger partial charge in [-0.05, 0) is 54.2 Å². The predicted octanol–water partition coefficient (Wildman–Crippen LogP) is 5.57. The van der Waals surface area contributed by atoms with Crippen LogP contribution in [0.2, 0.25) is 0 Å². The van der Waals surface area contributed by atoms with Gasteiger partial charge in [0.1, 0.15) is 5.37 Å². The molecule has 2 aromatic carbocycles. The van der Waals surface area contributed by atoms with Gasteiger partial charge >= 0.3 is 18.4 Å². The number of aliphatic hydroxyl groups is 1. The molecule has 1 heterocycles. The number of sulfone groups is 1. The van der Waals surface area contributed by atoms with Gasteiger partial charge in [0.25, 0.3) is 5.60 Å². The minimum absolute atomic E-state index is 0.0662. The number of benzene rings is 2. The number of nitrogens with zero attached hydrogens (tertiary/aromatic N) is 1. The number of fused-ring (bicyclic) bond motifs is 1. The molecule has 0 radical (unpaired) electrons. The third kappa shape index (κ3) is 5.80. The maximum absolute atomic E-state index is 13.1. The number of alkyl halides is 6. The fourth-order valence-electron chi connectivity index (χ4n) is 4.26. The Labute approximate surface area is 224 Å². The summed E-state index contributed by atoms with van der Waals surface area (Å²) < 4.78 is 109. The van der Waals surface area contributed by atoms with E-state index < -0.39 is 44.8 Å². The second-order valence-electron chi connectivity index (χ2n) is 9.31. The summed E-state index contributed by atoms with van der Waals surface area (Å²) in [5.74, 6) is 0.298. The van der Waals surface area contributed by atoms with E-state index in [4.69, 9.17) is 4.74 Å². The van der Waals surface area contributed by atoms with Gasteiger partial charge in [0, 0.05) is 11.3 Å². The molecule has 1 unspecified atom stereocenters. The first-order valence-electron chi connectivity index (χ1n) is 11.6. The molecule has 0 spiro atoms. The van der Waals surface area contributed by atoms with Crippen molar-refractivity contribution in [3.8, 4) is 0 Å². The summed E-state index contributed by atoms with van der Waals surface area (Å²) in [4.78, 5) is 13.9. The lowest BCUT2D eigenvalue weighted by atomic mass is 9.92. The zero-order valence-corrected chi connectivity index (χ0v) is 22.0. The molecular weight excluding hydrogens is 574 g/mol. The van der Waals surface area contributed by atoms with E-state index in [1.54, 1.807) is 6.07 Å². The van der Waals surface area contributed by atoms with E-state index >= 15 is 0 Å². The van der Waals surface area contributed by atoms with E-state index in [1.807, 2.05) is 0 Å². The minimum atomic E-state index is -5.99. The number of thioether (sulfide) groups is 1. The summed E-state index contributed by atoms with van der Waals surface area (Å²) in [6, 6.07) is 7.65. The normalized spacial score (nSPS) is 18.2. The number of methoxy groups -OCH3 is 1. The van der Waals surface area contributed by atoms with Crippen LogP contribution in [0, 0.1) is 5.92 Å². The van der Waals surface area contributed by atoms with Crippen molar-refractivity contribution in [1.82, 2.24) is 4.90 Å². The summed E-state index contributed by atoms with van der Waals surface area (Å²) >= 11 is 1.18. The van der Waals surface area contributed by atoms with Crippen molar-refractivity contribution in [3.05, 3.63) is 59.2 Å². The molecule has 1 atom stereocenters. The first-order valence-corrected chi connectivity index (χ1v) is 14.3. The largest absolute Gasteiger partial charge is 0.453 e. The van der Waals surface area contributed by atoms with Crippen LogP contribution in [0.1, 0.15) is 34.9 Å². The topological polar surface area (TPSA) is 95.9 Å². The summed E-state index contributed by atoms with van der Waals surface area (Å²) in [7, 11) is -2.28. The van der Waals surface area contributed by atoms with E-state index in [1.165, 1.54) is 35.9 Å². The number of carbonyl (C=O) groups is 1. The van der Waals surface area contributed by atoms with Crippen LogP contribution in [0.4, 0.5) is 36.8 Å². The Kier molecular flexibility index (Phi) is 7.82. The van der Waals surface area contributed by atoms with Crippen LogP contribution in [0.25, 0.3) is 0 Å². The van der Waals surface area contributed by atoms with Gasteiger partial charge in [-0.15, -0.1) is 11.8 Å². The number of amides is 1. The van der Waals surface area contributed by atoms with Crippen molar-refractivity contribution < 1.29 is 49.4 Å². The molecule has 214 valence electrons. The SMILES string of the molecule is COC(=O)N1Cc2cc(S(=O)(=O)CC3CC3)ccc2C1SCNc1ccc(C(O)(C(F)(F)F)C(F)(F)F)cc1. The highest BCUT2D eigenvalue weighted by atomic mass is 32.2. The summed E-state index contributed by atoms with van der Waals surface area (Å²) in [5, 5.41) is 11.8. The van der Waals surface area contributed by atoms with E-state index in [2.05, 4.69) is 5.32 Å². The quantitative estimate of drug-likeness (QED) is 0.303. The highest BCUT2D eigenvalue weighted by Crippen LogP contribution is 2.50. The third-order valence-corrected chi connectivity index (χ3v) is 9.58. The van der Waals surface area contributed by atoms with Gasteiger partial charge in [-0.2, -0.15) is 26.3 Å². The Bertz CT molecular complexity index is 1310. The Morgan fingerprint density at radius 1 is 1.08 bits per heavy atom. The van der Waals surface area contributed by atoms with Crippen LogP contribution in [0.3, 0.4) is 0 Å². The number of carbonyl (C=O) groups excluding carboxylic acids is 1. The van der Waals surface area contributed by atoms with E-state index in [9.17, 15) is 44.7 Å². The molecule has 1 fully saturated rings. The van der Waals surface area contributed by atoms with Crippen molar-refractivity contribution >= 4 is 33.4 Å². The van der Waals surface area contributed by atoms with Crippen molar-refractivity contribution in [1.29, 1.82) is 0 Å². The van der Waals surface area contributed by atoms with E-state index in [0.717, 1.165) is 25.0 Å². The highest BCUT2D eigenvalue weighted by molar-refractivity contribution is 7.99. The molecule has 15 heteroatoms. The molecule has 2 aliphatic rings. The highest BCUT2D eigenvalue weighted by Gasteiger charge is 2.71. The smallest absolute Gasteiger partial charge is 0.430 e. The van der Waals surface area contributed by atoms with Gasteiger partial charge in [-0.25, -0.2) is 13.2 Å². The Morgan fingerprint density at radius 3 is 2.23 bits per heavy atom. The standard InChI is InChI=1S/C24H24F6N2O5S2/c1-37-21(33)32-11-15-10-18(39(35,36)12-14-2-3-14)8-9-19(15)20(32)38-13-31-17-6-4-16(5-7-17)22(34,23(25,26)27)24(28,29)30/h4-10,14,20,31,34H,2-3,11-13H2,1H3. The van der Waals surface area contributed by atoms with Crippen LogP contribution >= 0.6 is 11.8 Å². The second-order valence-corrected chi connectivity index (χ2v) is 12.4. The summed E-state index contributed by atoms with van der Waals surface area (Å²) in [6.45, 7) is 0.0919. The first kappa shape index (κ1) is 29.3. The minimum Gasteiger partial charge on any atom is -0.453 e. The van der Waals surface area contributed by atoms with Crippen LogP contribution in [-0.4, -0.2) is 55.6 Å². The molecule has 1 aliphatic heterocycles. The number of anilines is 1. The van der Waals surface area contributed by atoms with Gasteiger partial charge in [-0.1, -0.05) is 18.2 Å². The molecule has 4 rings (SSSR count). The third-order valence-electron chi connectivity index (χ3n) is 6.57. The first-order chi connectivity index (χ1) is 18.1. The number of nitrogens with one attached hydrogen (secondary N) is 1. The number of ether oxygens (including phenoxy) is 1. The van der Waals surface area contributed by atoms with Gasteiger partial charge in [-0.3, -0.25) is 4.90 Å². The predicted molar refractivity (Wildman–Crippen MR) is 130 cm³/mol. The molecule has 1 amide bonds. The monoisotopic (exact) mass is 598 g/mol. The Morgan fingerprint density at radius 2 is 1.69 bits per heavy atom. The van der Waals surface area contributed by atoms with Gasteiger partial charge < -0.3 is 15.2 Å². The lowest BCUT2D eigenvalue weighted by Crippen LogP contribution is -2.53. The molecule has 39 heavy (non-hydrogen) atoms. The van der Waals surface area contributed by atoms with Gasteiger partial charge in [0.2, 0.25) is 0 Å². The molecule has 0 saturated heterocycles. The fourth-order valence-corrected chi connectivity index (χ4v) is 7.16. The molecule has 0 aromatic heterocycles. The van der Waals surface area contributed by atoms with Crippen molar-refractivity contribution in [2.75, 3.05) is 24.1 Å².